The summed E-state index contributed by atoms with van der Waals surface area (Å²) in [4.78, 5) is 24.2. The second kappa shape index (κ2) is 6.20. The Hall–Kier alpha value is -1.82. The van der Waals surface area contributed by atoms with Crippen molar-refractivity contribution in [2.75, 3.05) is 6.54 Å². The van der Waals surface area contributed by atoms with Gasteiger partial charge in [0.2, 0.25) is 0 Å². The van der Waals surface area contributed by atoms with E-state index in [2.05, 4.69) is 0 Å². The molecule has 1 unspecified atom stereocenters. The molecule has 0 aromatic carbocycles. The molecule has 18 heavy (non-hydrogen) atoms. The molecule has 0 aliphatic heterocycles. The van der Waals surface area contributed by atoms with Gasteiger partial charge in [-0.2, -0.15) is 0 Å². The highest BCUT2D eigenvalue weighted by atomic mass is 16.4. The van der Waals surface area contributed by atoms with Gasteiger partial charge in [0, 0.05) is 6.04 Å². The van der Waals surface area contributed by atoms with Crippen LogP contribution in [0.1, 0.15) is 36.6 Å². The van der Waals surface area contributed by atoms with Gasteiger partial charge < -0.3 is 20.2 Å². The zero-order chi connectivity index (χ0) is 13.7. The minimum absolute atomic E-state index is 0.122. The van der Waals surface area contributed by atoms with Crippen molar-refractivity contribution in [2.24, 2.45) is 5.73 Å². The fourth-order valence-corrected chi connectivity index (χ4v) is 1.54. The third kappa shape index (κ3) is 3.33. The van der Waals surface area contributed by atoms with E-state index in [1.165, 1.54) is 11.0 Å². The number of amides is 1. The second-order valence-corrected chi connectivity index (χ2v) is 4.05. The lowest BCUT2D eigenvalue weighted by atomic mass is 10.2. The zero-order valence-electron chi connectivity index (χ0n) is 10.5. The molecule has 0 bridgehead atoms. The number of furan rings is 1. The monoisotopic (exact) mass is 254 g/mol. The van der Waals surface area contributed by atoms with Crippen LogP contribution in [0.5, 0.6) is 0 Å². The first-order valence-corrected chi connectivity index (χ1v) is 5.81. The molecular formula is C12H18N2O4. The average Bonchev–Trinajstić information content (AvgIpc) is 2.82. The van der Waals surface area contributed by atoms with E-state index >= 15 is 0 Å². The first-order valence-electron chi connectivity index (χ1n) is 5.81. The predicted molar refractivity (Wildman–Crippen MR) is 65.0 cm³/mol. The maximum absolute atomic E-state index is 12.1. The van der Waals surface area contributed by atoms with Crippen LogP contribution < -0.4 is 5.73 Å². The van der Waals surface area contributed by atoms with Crippen LogP contribution in [0.3, 0.4) is 0 Å². The van der Waals surface area contributed by atoms with Gasteiger partial charge in [0.05, 0.1) is 6.54 Å². The Bertz CT molecular complexity index is 427. The summed E-state index contributed by atoms with van der Waals surface area (Å²) < 4.78 is 5.24. The van der Waals surface area contributed by atoms with Crippen molar-refractivity contribution >= 4 is 11.9 Å². The van der Waals surface area contributed by atoms with E-state index in [4.69, 9.17) is 15.3 Å². The number of nitrogens with two attached hydrogens (primary N) is 1. The molecule has 0 saturated heterocycles. The third-order valence-corrected chi connectivity index (χ3v) is 2.76. The van der Waals surface area contributed by atoms with Crippen LogP contribution in [-0.4, -0.2) is 34.5 Å². The summed E-state index contributed by atoms with van der Waals surface area (Å²) in [6.45, 7) is 3.55. The fraction of sp³-hybridized carbons (Fsp3) is 0.500. The molecule has 3 N–H and O–H groups in total. The van der Waals surface area contributed by atoms with Gasteiger partial charge in [0.25, 0.3) is 5.91 Å². The van der Waals surface area contributed by atoms with E-state index in [0.717, 1.165) is 0 Å². The van der Waals surface area contributed by atoms with E-state index in [-0.39, 0.29) is 24.9 Å². The maximum Gasteiger partial charge on any atom is 0.323 e. The molecule has 0 aliphatic carbocycles. The number of carbonyl (C=O) groups excluding carboxylic acids is 1. The lowest BCUT2D eigenvalue weighted by molar-refractivity contribution is -0.138. The Balaban J connectivity index is 2.90. The van der Waals surface area contributed by atoms with Gasteiger partial charge in [-0.1, -0.05) is 6.92 Å². The first-order chi connectivity index (χ1) is 8.49. The molecule has 1 amide bonds. The van der Waals surface area contributed by atoms with Gasteiger partial charge in [0.15, 0.2) is 5.76 Å². The Labute approximate surface area is 105 Å². The van der Waals surface area contributed by atoms with Crippen LogP contribution in [0.15, 0.2) is 16.5 Å². The number of carbonyl (C=O) groups is 2. The minimum atomic E-state index is -1.05. The van der Waals surface area contributed by atoms with Gasteiger partial charge in [-0.05, 0) is 25.5 Å². The predicted octanol–water partition coefficient (Wildman–Crippen LogP) is 1.06. The molecule has 1 atom stereocenters. The van der Waals surface area contributed by atoms with Crippen molar-refractivity contribution in [1.82, 2.24) is 4.90 Å². The van der Waals surface area contributed by atoms with Crippen molar-refractivity contribution < 1.29 is 19.1 Å². The molecule has 0 saturated carbocycles. The summed E-state index contributed by atoms with van der Waals surface area (Å²) in [5.41, 5.74) is 5.39. The van der Waals surface area contributed by atoms with Crippen molar-refractivity contribution in [3.8, 4) is 0 Å². The molecule has 1 aromatic heterocycles. The lowest BCUT2D eigenvalue weighted by Gasteiger charge is -2.25. The fourth-order valence-electron chi connectivity index (χ4n) is 1.54. The smallest absolute Gasteiger partial charge is 0.323 e. The van der Waals surface area contributed by atoms with Crippen LogP contribution in [0.4, 0.5) is 0 Å². The topological polar surface area (TPSA) is 96.8 Å². The Morgan fingerprint density at radius 1 is 1.50 bits per heavy atom. The lowest BCUT2D eigenvalue weighted by Crippen LogP contribution is -2.41. The Morgan fingerprint density at radius 2 is 2.17 bits per heavy atom. The van der Waals surface area contributed by atoms with Crippen molar-refractivity contribution in [3.05, 3.63) is 23.7 Å². The number of rotatable bonds is 6. The standard InChI is InChI=1S/C12H18N2O4/c1-3-8(2)14(7-11(15)16)12(17)10-5-4-9(6-13)18-10/h4-5,8H,3,6-7,13H2,1-2H3,(H,15,16). The number of aliphatic carboxylic acids is 1. The molecule has 0 radical (unpaired) electrons. The van der Waals surface area contributed by atoms with Crippen LogP contribution >= 0.6 is 0 Å². The number of carboxylic acid groups (broad SMARTS) is 1. The summed E-state index contributed by atoms with van der Waals surface area (Å²) in [6, 6.07) is 2.96. The number of hydrogen-bond acceptors (Lipinski definition) is 4. The molecule has 1 rings (SSSR count). The molecule has 1 heterocycles. The highest BCUT2D eigenvalue weighted by molar-refractivity contribution is 5.93. The van der Waals surface area contributed by atoms with E-state index in [1.807, 2.05) is 6.92 Å². The van der Waals surface area contributed by atoms with Gasteiger partial charge >= 0.3 is 5.97 Å². The van der Waals surface area contributed by atoms with Crippen LogP contribution in [-0.2, 0) is 11.3 Å². The van der Waals surface area contributed by atoms with Crippen molar-refractivity contribution in [2.45, 2.75) is 32.9 Å². The summed E-state index contributed by atoms with van der Waals surface area (Å²) in [5, 5.41) is 8.83. The molecule has 1 aromatic rings. The Morgan fingerprint density at radius 3 is 2.61 bits per heavy atom. The van der Waals surface area contributed by atoms with Crippen molar-refractivity contribution in [1.29, 1.82) is 0 Å². The summed E-state index contributed by atoms with van der Waals surface area (Å²) in [5.74, 6) is -0.851. The number of nitrogens with zero attached hydrogens (tertiary/aromatic N) is 1. The number of carboxylic acids is 1. The van der Waals surface area contributed by atoms with Crippen LogP contribution in [0, 0.1) is 0 Å². The van der Waals surface area contributed by atoms with Gasteiger partial charge in [-0.25, -0.2) is 0 Å². The van der Waals surface area contributed by atoms with Gasteiger partial charge in [0.1, 0.15) is 12.3 Å². The quantitative estimate of drug-likeness (QED) is 0.791. The first kappa shape index (κ1) is 14.2. The SMILES string of the molecule is CCC(C)N(CC(=O)O)C(=O)c1ccc(CN)o1. The highest BCUT2D eigenvalue weighted by Gasteiger charge is 2.25. The molecule has 6 nitrogen and oxygen atoms in total. The van der Waals surface area contributed by atoms with Gasteiger partial charge in [-0.3, -0.25) is 9.59 Å². The Kier molecular flexibility index (Phi) is 4.91. The molecule has 100 valence electrons. The van der Waals surface area contributed by atoms with E-state index in [9.17, 15) is 9.59 Å². The molecule has 0 spiro atoms. The molecular weight excluding hydrogens is 236 g/mol. The van der Waals surface area contributed by atoms with E-state index in [1.54, 1.807) is 13.0 Å². The van der Waals surface area contributed by atoms with Crippen LogP contribution in [0.2, 0.25) is 0 Å². The largest absolute Gasteiger partial charge is 0.480 e. The average molecular weight is 254 g/mol. The molecule has 0 fully saturated rings. The normalized spacial score (nSPS) is 12.2. The maximum atomic E-state index is 12.1. The number of hydrogen-bond donors (Lipinski definition) is 2. The minimum Gasteiger partial charge on any atom is -0.480 e. The molecule has 0 aliphatic rings. The van der Waals surface area contributed by atoms with Gasteiger partial charge in [-0.15, -0.1) is 0 Å². The second-order valence-electron chi connectivity index (χ2n) is 4.05. The third-order valence-electron chi connectivity index (χ3n) is 2.76. The highest BCUT2D eigenvalue weighted by Crippen LogP contribution is 2.13. The van der Waals surface area contributed by atoms with Crippen LogP contribution in [0.25, 0.3) is 0 Å². The summed E-state index contributed by atoms with van der Waals surface area (Å²) in [7, 11) is 0. The van der Waals surface area contributed by atoms with Crippen molar-refractivity contribution in [3.63, 3.8) is 0 Å². The zero-order valence-corrected chi connectivity index (χ0v) is 10.5. The van der Waals surface area contributed by atoms with E-state index < -0.39 is 11.9 Å². The molecule has 6 heteroatoms. The summed E-state index contributed by atoms with van der Waals surface area (Å²) in [6.07, 6.45) is 0.670. The van der Waals surface area contributed by atoms with E-state index in [0.29, 0.717) is 12.2 Å². The summed E-state index contributed by atoms with van der Waals surface area (Å²) >= 11 is 0.